The average Bonchev–Trinajstić information content (AvgIpc) is 3.92. The number of carbonyl (C=O) groups excluding carboxylic acids is 3. The summed E-state index contributed by atoms with van der Waals surface area (Å²) in [6, 6.07) is 21.9. The van der Waals surface area contributed by atoms with E-state index in [9.17, 15) is 14.4 Å². The Hall–Kier alpha value is -6.30. The van der Waals surface area contributed by atoms with Crippen molar-refractivity contribution in [3.8, 4) is 21.9 Å². The number of pyridine rings is 1. The molecule has 6 aromatic rings. The number of amides is 3. The van der Waals surface area contributed by atoms with Crippen LogP contribution in [0.15, 0.2) is 84.0 Å². The van der Waals surface area contributed by atoms with Gasteiger partial charge in [0.1, 0.15) is 35.0 Å². The zero-order valence-electron chi connectivity index (χ0n) is 36.5. The molecule has 0 radical (unpaired) electrons. The molecule has 5 heterocycles. The fourth-order valence-electron chi connectivity index (χ4n) is 7.61. The lowest BCUT2D eigenvalue weighted by Gasteiger charge is -2.13. The van der Waals surface area contributed by atoms with Gasteiger partial charge in [-0.25, -0.2) is 4.98 Å². The zero-order chi connectivity index (χ0) is 45.5. The van der Waals surface area contributed by atoms with Gasteiger partial charge in [-0.1, -0.05) is 29.8 Å². The van der Waals surface area contributed by atoms with Gasteiger partial charge in [0.25, 0.3) is 0 Å². The molecule has 0 bridgehead atoms. The van der Waals surface area contributed by atoms with Crippen molar-refractivity contribution in [1.29, 1.82) is 0 Å². The van der Waals surface area contributed by atoms with Crippen LogP contribution in [-0.4, -0.2) is 89.4 Å². The molecule has 0 saturated carbocycles. The fraction of sp³-hybridized carbons (Fsp3) is 0.312. The smallest absolute Gasteiger partial charge is 0.228 e. The molecule has 0 saturated heterocycles. The van der Waals surface area contributed by atoms with Crippen molar-refractivity contribution in [3.05, 3.63) is 128 Å². The SMILES string of the molecule is Cc1cc(NC(=O)CCOCCOCCOCCOc2ccc(NC(=O)C[C@@H]3N=C(c4ccc(Cl)cc4)c4c(sc(C)c4C)-n4c(C)nnc43)cc2)ncc1-c1ccc2c(c1)CC(=O)N2. The molecule has 0 fully saturated rings. The van der Waals surface area contributed by atoms with Gasteiger partial charge in [0.15, 0.2) is 5.82 Å². The summed E-state index contributed by atoms with van der Waals surface area (Å²) in [7, 11) is 0. The first-order chi connectivity index (χ1) is 31.5. The van der Waals surface area contributed by atoms with Crippen LogP contribution in [0, 0.1) is 27.7 Å². The molecule has 0 aliphatic carbocycles. The Morgan fingerprint density at radius 3 is 2.28 bits per heavy atom. The van der Waals surface area contributed by atoms with Gasteiger partial charge in [-0.05, 0) is 105 Å². The normalized spacial score (nSPS) is 13.9. The number of aliphatic imine (C=N–C) groups is 1. The number of carbonyl (C=O) groups is 3. The number of fused-ring (bicyclic) bond motifs is 4. The second-order valence-corrected chi connectivity index (χ2v) is 17.3. The van der Waals surface area contributed by atoms with E-state index in [1.54, 1.807) is 41.8 Å². The standard InChI is InChI=1S/C48H49ClN8O7S/c1-28-23-41(50-27-38(28)33-7-14-39-34(24-33)25-43(59)52-39)54-42(58)15-16-61-17-18-62-19-20-63-21-22-64-37-12-10-36(11-13-37)51-44(60)26-40-47-56-55-31(4)57(47)48-45(29(2)30(3)65-48)46(53-40)32-5-8-35(49)9-6-32/h5-14,23-24,27,40H,15-22,25-26H2,1-4H3,(H,51,60)(H,52,59)(H,50,54,58)/t40-/m0/s1. The predicted molar refractivity (Wildman–Crippen MR) is 251 cm³/mol. The highest BCUT2D eigenvalue weighted by Gasteiger charge is 2.32. The Morgan fingerprint density at radius 2 is 1.54 bits per heavy atom. The van der Waals surface area contributed by atoms with Crippen molar-refractivity contribution in [3.63, 3.8) is 0 Å². The highest BCUT2D eigenvalue weighted by Crippen LogP contribution is 2.40. The van der Waals surface area contributed by atoms with Gasteiger partial charge < -0.3 is 34.9 Å². The number of halogens is 1. The van der Waals surface area contributed by atoms with Crippen LogP contribution in [0.25, 0.3) is 16.1 Å². The summed E-state index contributed by atoms with van der Waals surface area (Å²) in [5.41, 5.74) is 9.14. The molecule has 15 nitrogen and oxygen atoms in total. The Balaban J connectivity index is 0.701. The third-order valence-corrected chi connectivity index (χ3v) is 12.5. The van der Waals surface area contributed by atoms with E-state index < -0.39 is 6.04 Å². The summed E-state index contributed by atoms with van der Waals surface area (Å²) in [6.45, 7) is 10.5. The molecule has 0 spiro atoms. The van der Waals surface area contributed by atoms with Crippen molar-refractivity contribution in [2.45, 2.75) is 53.0 Å². The van der Waals surface area contributed by atoms with Crippen molar-refractivity contribution >= 4 is 63.6 Å². The Labute approximate surface area is 385 Å². The molecular formula is C48H49ClN8O7S. The number of aryl methyl sites for hydroxylation is 3. The summed E-state index contributed by atoms with van der Waals surface area (Å²) < 4.78 is 24.6. The fourth-order valence-corrected chi connectivity index (χ4v) is 8.95. The maximum Gasteiger partial charge on any atom is 0.228 e. The molecule has 1 atom stereocenters. The topological polar surface area (TPSA) is 180 Å². The quantitative estimate of drug-likeness (QED) is 0.0672. The molecule has 0 unspecified atom stereocenters. The molecule has 336 valence electrons. The monoisotopic (exact) mass is 916 g/mol. The summed E-state index contributed by atoms with van der Waals surface area (Å²) in [4.78, 5) is 48.5. The molecule has 2 aliphatic rings. The van der Waals surface area contributed by atoms with Crippen LogP contribution >= 0.6 is 22.9 Å². The number of thiophene rings is 1. The highest BCUT2D eigenvalue weighted by atomic mass is 35.5. The van der Waals surface area contributed by atoms with Gasteiger partial charge in [0.05, 0.1) is 64.6 Å². The van der Waals surface area contributed by atoms with Crippen molar-refractivity contribution in [2.75, 3.05) is 62.2 Å². The average molecular weight is 917 g/mol. The number of nitrogens with zero attached hydrogens (tertiary/aromatic N) is 5. The second-order valence-electron chi connectivity index (χ2n) is 15.6. The van der Waals surface area contributed by atoms with Crippen molar-refractivity contribution in [2.24, 2.45) is 4.99 Å². The molecule has 8 rings (SSSR count). The molecule has 2 aliphatic heterocycles. The van der Waals surface area contributed by atoms with Gasteiger partial charge in [-0.3, -0.25) is 23.9 Å². The molecule has 3 N–H and O–H groups in total. The molecule has 3 amide bonds. The van der Waals surface area contributed by atoms with Crippen LogP contribution in [0.4, 0.5) is 17.2 Å². The van der Waals surface area contributed by atoms with Gasteiger partial charge in [0.2, 0.25) is 17.7 Å². The Morgan fingerprint density at radius 1 is 0.831 bits per heavy atom. The minimum Gasteiger partial charge on any atom is -0.491 e. The number of benzene rings is 3. The molecule has 65 heavy (non-hydrogen) atoms. The van der Waals surface area contributed by atoms with Gasteiger partial charge in [-0.2, -0.15) is 0 Å². The minimum absolute atomic E-state index is 0.00643. The summed E-state index contributed by atoms with van der Waals surface area (Å²) >= 11 is 7.90. The Kier molecular flexibility index (Phi) is 14.4. The first kappa shape index (κ1) is 45.3. The van der Waals surface area contributed by atoms with E-state index in [1.807, 2.05) is 66.9 Å². The lowest BCUT2D eigenvalue weighted by molar-refractivity contribution is -0.118. The van der Waals surface area contributed by atoms with Crippen LogP contribution < -0.4 is 20.7 Å². The lowest BCUT2D eigenvalue weighted by atomic mass is 9.99. The van der Waals surface area contributed by atoms with Crippen molar-refractivity contribution < 1.29 is 33.3 Å². The maximum atomic E-state index is 13.5. The summed E-state index contributed by atoms with van der Waals surface area (Å²) in [5, 5.41) is 19.2. The van der Waals surface area contributed by atoms with E-state index in [2.05, 4.69) is 45.0 Å². The number of hydrogen-bond acceptors (Lipinski definition) is 12. The van der Waals surface area contributed by atoms with E-state index in [0.717, 1.165) is 61.2 Å². The van der Waals surface area contributed by atoms with Gasteiger partial charge in [0, 0.05) is 44.2 Å². The third-order valence-electron chi connectivity index (χ3n) is 11.0. The maximum absolute atomic E-state index is 13.5. The largest absolute Gasteiger partial charge is 0.491 e. The molecule has 3 aromatic carbocycles. The van der Waals surface area contributed by atoms with Crippen LogP contribution in [0.3, 0.4) is 0 Å². The van der Waals surface area contributed by atoms with E-state index in [4.69, 9.17) is 35.5 Å². The van der Waals surface area contributed by atoms with E-state index >= 15 is 0 Å². The summed E-state index contributed by atoms with van der Waals surface area (Å²) in [6.07, 6.45) is 2.34. The minimum atomic E-state index is -0.580. The van der Waals surface area contributed by atoms with Crippen LogP contribution in [0.5, 0.6) is 5.75 Å². The number of hydrogen-bond donors (Lipinski definition) is 3. The van der Waals surface area contributed by atoms with Crippen LogP contribution in [0.1, 0.15) is 63.2 Å². The number of rotatable bonds is 19. The van der Waals surface area contributed by atoms with Gasteiger partial charge >= 0.3 is 0 Å². The molecule has 3 aromatic heterocycles. The van der Waals surface area contributed by atoms with E-state index in [-0.39, 0.29) is 37.2 Å². The predicted octanol–water partition coefficient (Wildman–Crippen LogP) is 8.15. The first-order valence-electron chi connectivity index (χ1n) is 21.3. The van der Waals surface area contributed by atoms with E-state index in [0.29, 0.717) is 74.2 Å². The summed E-state index contributed by atoms with van der Waals surface area (Å²) in [5.74, 6) is 2.04. The van der Waals surface area contributed by atoms with Crippen molar-refractivity contribution in [1.82, 2.24) is 19.7 Å². The van der Waals surface area contributed by atoms with Crippen LogP contribution in [0.2, 0.25) is 5.02 Å². The number of nitrogens with one attached hydrogen (secondary N) is 3. The molecular weight excluding hydrogens is 868 g/mol. The third kappa shape index (κ3) is 11.0. The van der Waals surface area contributed by atoms with Gasteiger partial charge in [-0.15, -0.1) is 21.5 Å². The second kappa shape index (κ2) is 20.7. The van der Waals surface area contributed by atoms with Crippen LogP contribution in [-0.2, 0) is 35.0 Å². The number of ether oxygens (including phenoxy) is 4. The van der Waals surface area contributed by atoms with E-state index in [1.165, 1.54) is 4.88 Å². The molecule has 17 heteroatoms. The Bertz CT molecular complexity index is 2730. The lowest BCUT2D eigenvalue weighted by Crippen LogP contribution is -2.17. The number of anilines is 3. The first-order valence-corrected chi connectivity index (χ1v) is 22.5. The zero-order valence-corrected chi connectivity index (χ0v) is 38.1. The highest BCUT2D eigenvalue weighted by molar-refractivity contribution is 7.15. The number of aromatic nitrogens is 4.